The third-order valence-corrected chi connectivity index (χ3v) is 3.92. The average molecular weight is 307 g/mol. The normalized spacial score (nSPS) is 17.9. The zero-order chi connectivity index (χ0) is 14.8. The highest BCUT2D eigenvalue weighted by molar-refractivity contribution is 6.31. The van der Waals surface area contributed by atoms with Crippen molar-refractivity contribution in [1.29, 1.82) is 0 Å². The summed E-state index contributed by atoms with van der Waals surface area (Å²) in [4.78, 5) is 14.5. The second-order valence-electron chi connectivity index (χ2n) is 4.98. The largest absolute Gasteiger partial charge is 0.337 e. The Hall–Kier alpha value is -1.99. The molecular weight excluding hydrogens is 292 g/mol. The van der Waals surface area contributed by atoms with Crippen molar-refractivity contribution in [2.24, 2.45) is 0 Å². The van der Waals surface area contributed by atoms with E-state index in [1.807, 2.05) is 7.05 Å². The van der Waals surface area contributed by atoms with E-state index in [0.717, 1.165) is 19.5 Å². The lowest BCUT2D eigenvalue weighted by molar-refractivity contribution is 0.0743. The standard InChI is InChI=1S/C13H15ClN6O/c1-19(10-4-5-15-7-10)13(21)11-6-9(14)2-3-12(11)20-8-16-17-18-20/h2-3,6,8,10,15H,4-5,7H2,1H3. The highest BCUT2D eigenvalue weighted by Gasteiger charge is 2.26. The molecule has 0 saturated carbocycles. The van der Waals surface area contributed by atoms with Gasteiger partial charge >= 0.3 is 0 Å². The van der Waals surface area contributed by atoms with Crippen molar-refractivity contribution >= 4 is 17.5 Å². The Labute approximate surface area is 126 Å². The van der Waals surface area contributed by atoms with Crippen LogP contribution in [0.15, 0.2) is 24.5 Å². The second-order valence-corrected chi connectivity index (χ2v) is 5.41. The smallest absolute Gasteiger partial charge is 0.256 e. The number of hydrogen-bond donors (Lipinski definition) is 1. The molecular formula is C13H15ClN6O. The first-order valence-corrected chi connectivity index (χ1v) is 7.05. The molecule has 0 bridgehead atoms. The molecule has 7 nitrogen and oxygen atoms in total. The number of likely N-dealkylation sites (N-methyl/N-ethyl adjacent to an activating group) is 1. The van der Waals surface area contributed by atoms with Gasteiger partial charge in [0, 0.05) is 24.7 Å². The van der Waals surface area contributed by atoms with Crippen molar-refractivity contribution in [2.45, 2.75) is 12.5 Å². The van der Waals surface area contributed by atoms with E-state index in [4.69, 9.17) is 11.6 Å². The Morgan fingerprint density at radius 3 is 3.05 bits per heavy atom. The lowest BCUT2D eigenvalue weighted by Crippen LogP contribution is -2.38. The molecule has 1 N–H and O–H groups in total. The van der Waals surface area contributed by atoms with Gasteiger partial charge in [-0.25, -0.2) is 0 Å². The first-order chi connectivity index (χ1) is 10.2. The van der Waals surface area contributed by atoms with E-state index >= 15 is 0 Å². The molecule has 2 heterocycles. The third-order valence-electron chi connectivity index (χ3n) is 3.69. The summed E-state index contributed by atoms with van der Waals surface area (Å²) in [6, 6.07) is 5.30. The number of nitrogens with zero attached hydrogens (tertiary/aromatic N) is 5. The molecule has 110 valence electrons. The summed E-state index contributed by atoms with van der Waals surface area (Å²) in [5.74, 6) is -0.0864. The maximum atomic E-state index is 12.8. The first-order valence-electron chi connectivity index (χ1n) is 6.67. The molecule has 1 aromatic heterocycles. The van der Waals surface area contributed by atoms with Gasteiger partial charge in [0.25, 0.3) is 5.91 Å². The van der Waals surface area contributed by atoms with Crippen LogP contribution in [0.1, 0.15) is 16.8 Å². The number of rotatable bonds is 3. The summed E-state index contributed by atoms with van der Waals surface area (Å²) in [5, 5.41) is 14.8. The summed E-state index contributed by atoms with van der Waals surface area (Å²) in [7, 11) is 1.81. The number of benzene rings is 1. The fraction of sp³-hybridized carbons (Fsp3) is 0.385. The van der Waals surface area contributed by atoms with Gasteiger partial charge < -0.3 is 10.2 Å². The number of amides is 1. The van der Waals surface area contributed by atoms with Crippen LogP contribution in [-0.2, 0) is 0 Å². The molecule has 21 heavy (non-hydrogen) atoms. The number of tetrazole rings is 1. The molecule has 1 fully saturated rings. The third kappa shape index (κ3) is 2.74. The quantitative estimate of drug-likeness (QED) is 0.905. The maximum absolute atomic E-state index is 12.8. The summed E-state index contributed by atoms with van der Waals surface area (Å²) >= 11 is 6.04. The van der Waals surface area contributed by atoms with Crippen LogP contribution in [0.4, 0.5) is 0 Å². The van der Waals surface area contributed by atoms with Crippen molar-refractivity contribution in [1.82, 2.24) is 30.4 Å². The molecule has 0 radical (unpaired) electrons. The van der Waals surface area contributed by atoms with Crippen molar-refractivity contribution in [2.75, 3.05) is 20.1 Å². The van der Waals surface area contributed by atoms with Crippen molar-refractivity contribution in [3.8, 4) is 5.69 Å². The molecule has 1 aromatic carbocycles. The van der Waals surface area contributed by atoms with Crippen molar-refractivity contribution in [3.05, 3.63) is 35.1 Å². The van der Waals surface area contributed by atoms with Gasteiger partial charge in [-0.15, -0.1) is 5.10 Å². The predicted octanol–water partition coefficient (Wildman–Crippen LogP) is 0.750. The van der Waals surface area contributed by atoms with Crippen molar-refractivity contribution in [3.63, 3.8) is 0 Å². The molecule has 8 heteroatoms. The fourth-order valence-electron chi connectivity index (χ4n) is 2.48. The van der Waals surface area contributed by atoms with E-state index in [1.165, 1.54) is 11.0 Å². The monoisotopic (exact) mass is 306 g/mol. The van der Waals surface area contributed by atoms with Crippen LogP contribution < -0.4 is 5.32 Å². The highest BCUT2D eigenvalue weighted by Crippen LogP contribution is 2.21. The van der Waals surface area contributed by atoms with Gasteiger partial charge in [-0.2, -0.15) is 4.68 Å². The Morgan fingerprint density at radius 1 is 1.52 bits per heavy atom. The van der Waals surface area contributed by atoms with Gasteiger partial charge in [-0.3, -0.25) is 4.79 Å². The zero-order valence-electron chi connectivity index (χ0n) is 11.5. The van der Waals surface area contributed by atoms with Gasteiger partial charge in [0.15, 0.2) is 0 Å². The van der Waals surface area contributed by atoms with Crippen LogP contribution in [0.3, 0.4) is 0 Å². The lowest BCUT2D eigenvalue weighted by atomic mass is 10.1. The van der Waals surface area contributed by atoms with Gasteiger partial charge in [-0.1, -0.05) is 11.6 Å². The molecule has 0 spiro atoms. The minimum Gasteiger partial charge on any atom is -0.337 e. The second kappa shape index (κ2) is 5.79. The van der Waals surface area contributed by atoms with Crippen LogP contribution in [-0.4, -0.2) is 57.2 Å². The number of aromatic nitrogens is 4. The van der Waals surface area contributed by atoms with Crippen LogP contribution in [0.25, 0.3) is 5.69 Å². The molecule has 1 unspecified atom stereocenters. The Kier molecular flexibility index (Phi) is 3.85. The highest BCUT2D eigenvalue weighted by atomic mass is 35.5. The number of halogens is 1. The lowest BCUT2D eigenvalue weighted by Gasteiger charge is -2.24. The number of nitrogens with one attached hydrogen (secondary N) is 1. The Morgan fingerprint density at radius 2 is 2.38 bits per heavy atom. The number of carbonyl (C=O) groups is 1. The average Bonchev–Trinajstić information content (AvgIpc) is 3.18. The van der Waals surface area contributed by atoms with Gasteiger partial charge in [-0.05, 0) is 41.6 Å². The van der Waals surface area contributed by atoms with E-state index in [1.54, 1.807) is 23.1 Å². The van der Waals surface area contributed by atoms with Gasteiger partial charge in [0.2, 0.25) is 0 Å². The van der Waals surface area contributed by atoms with E-state index in [2.05, 4.69) is 20.8 Å². The number of carbonyl (C=O) groups excluding carboxylic acids is 1. The van der Waals surface area contributed by atoms with E-state index < -0.39 is 0 Å². The van der Waals surface area contributed by atoms with Gasteiger partial charge in [0.1, 0.15) is 6.33 Å². The van der Waals surface area contributed by atoms with Crippen LogP contribution in [0.5, 0.6) is 0 Å². The summed E-state index contributed by atoms with van der Waals surface area (Å²) in [6.45, 7) is 1.74. The molecule has 3 rings (SSSR count). The minimum atomic E-state index is -0.0864. The summed E-state index contributed by atoms with van der Waals surface area (Å²) in [6.07, 6.45) is 2.40. The van der Waals surface area contributed by atoms with Crippen LogP contribution >= 0.6 is 11.6 Å². The van der Waals surface area contributed by atoms with E-state index in [9.17, 15) is 4.79 Å². The minimum absolute atomic E-state index is 0.0864. The van der Waals surface area contributed by atoms with Crippen LogP contribution in [0, 0.1) is 0 Å². The SMILES string of the molecule is CN(C(=O)c1cc(Cl)ccc1-n1cnnn1)C1CCNC1. The van der Waals surface area contributed by atoms with Gasteiger partial charge in [0.05, 0.1) is 11.3 Å². The molecule has 1 saturated heterocycles. The predicted molar refractivity (Wildman–Crippen MR) is 77.5 cm³/mol. The van der Waals surface area contributed by atoms with E-state index in [-0.39, 0.29) is 11.9 Å². The Bertz CT molecular complexity index is 638. The fourth-order valence-corrected chi connectivity index (χ4v) is 2.65. The Balaban J connectivity index is 1.96. The topological polar surface area (TPSA) is 75.9 Å². The zero-order valence-corrected chi connectivity index (χ0v) is 12.3. The molecule has 1 aliphatic heterocycles. The maximum Gasteiger partial charge on any atom is 0.256 e. The number of hydrogen-bond acceptors (Lipinski definition) is 5. The molecule has 2 aromatic rings. The molecule has 1 aliphatic rings. The van der Waals surface area contributed by atoms with Crippen molar-refractivity contribution < 1.29 is 4.79 Å². The molecule has 1 atom stereocenters. The summed E-state index contributed by atoms with van der Waals surface area (Å²) in [5.41, 5.74) is 1.11. The molecule has 1 amide bonds. The van der Waals surface area contributed by atoms with E-state index in [0.29, 0.717) is 16.3 Å². The summed E-state index contributed by atoms with van der Waals surface area (Å²) < 4.78 is 1.46. The van der Waals surface area contributed by atoms with Crippen LogP contribution in [0.2, 0.25) is 5.02 Å². The molecule has 0 aliphatic carbocycles. The first kappa shape index (κ1) is 14.0.